The van der Waals surface area contributed by atoms with E-state index in [1.54, 1.807) is 29.9 Å². The maximum atomic E-state index is 13.3. The maximum Gasteiger partial charge on any atom is 0.272 e. The summed E-state index contributed by atoms with van der Waals surface area (Å²) in [4.78, 5) is 31.3. The monoisotopic (exact) mass is 478 g/mol. The van der Waals surface area contributed by atoms with E-state index in [4.69, 9.17) is 0 Å². The molecule has 0 bridgehead atoms. The number of aryl methyl sites for hydroxylation is 2. The number of carbonyl (C=O) groups is 1. The molecule has 0 saturated carbocycles. The van der Waals surface area contributed by atoms with Crippen LogP contribution < -0.4 is 9.80 Å². The molecule has 5 rings (SSSR count). The third kappa shape index (κ3) is 4.97. The normalized spacial score (nSPS) is 17.2. The summed E-state index contributed by atoms with van der Waals surface area (Å²) in [5.74, 6) is 2.30. The van der Waals surface area contributed by atoms with Crippen LogP contribution >= 0.6 is 0 Å². The average Bonchev–Trinajstić information content (AvgIpc) is 3.25. The average molecular weight is 479 g/mol. The fraction of sp³-hybridized carbons (Fsp3) is 0.440. The molecule has 4 heterocycles. The topological polar surface area (TPSA) is 73.6 Å². The van der Waals surface area contributed by atoms with Gasteiger partial charge in [0.15, 0.2) is 0 Å². The van der Waals surface area contributed by atoms with Gasteiger partial charge in [-0.25, -0.2) is 14.4 Å². The van der Waals surface area contributed by atoms with Gasteiger partial charge in [0.2, 0.25) is 0 Å². The van der Waals surface area contributed by atoms with Crippen LogP contribution in [-0.2, 0) is 7.05 Å². The highest BCUT2D eigenvalue weighted by Gasteiger charge is 2.26. The molecule has 2 saturated heterocycles. The van der Waals surface area contributed by atoms with E-state index in [1.807, 2.05) is 11.8 Å². The Morgan fingerprint density at radius 3 is 2.00 bits per heavy atom. The minimum absolute atomic E-state index is 0.0509. The minimum atomic E-state index is -0.298. The molecule has 184 valence electrons. The van der Waals surface area contributed by atoms with Crippen LogP contribution in [0.25, 0.3) is 11.3 Å². The summed E-state index contributed by atoms with van der Waals surface area (Å²) < 4.78 is 14.9. The van der Waals surface area contributed by atoms with Crippen molar-refractivity contribution in [2.24, 2.45) is 7.05 Å². The van der Waals surface area contributed by atoms with Crippen molar-refractivity contribution in [1.82, 2.24) is 29.5 Å². The van der Waals surface area contributed by atoms with Gasteiger partial charge in [0, 0.05) is 71.0 Å². The third-order valence-corrected chi connectivity index (χ3v) is 6.77. The second-order valence-electron chi connectivity index (χ2n) is 9.25. The lowest BCUT2D eigenvalue weighted by atomic mass is 10.1. The molecule has 2 aliphatic rings. The number of piperazine rings is 2. The van der Waals surface area contributed by atoms with Gasteiger partial charge in [0.1, 0.15) is 29.0 Å². The lowest BCUT2D eigenvalue weighted by molar-refractivity contribution is 0.0735. The van der Waals surface area contributed by atoms with Crippen molar-refractivity contribution in [2.75, 3.05) is 69.2 Å². The van der Waals surface area contributed by atoms with E-state index in [2.05, 4.69) is 42.9 Å². The van der Waals surface area contributed by atoms with E-state index in [9.17, 15) is 9.18 Å². The summed E-state index contributed by atoms with van der Waals surface area (Å²) in [5.41, 5.74) is 1.96. The molecule has 1 amide bonds. The van der Waals surface area contributed by atoms with E-state index in [1.165, 1.54) is 12.1 Å². The molecule has 2 aromatic heterocycles. The summed E-state index contributed by atoms with van der Waals surface area (Å²) in [6.07, 6.45) is 0. The maximum absolute atomic E-state index is 13.3. The number of likely N-dealkylation sites (N-methyl/N-ethyl adjacent to an activating group) is 1. The van der Waals surface area contributed by atoms with Crippen LogP contribution in [0.4, 0.5) is 16.0 Å². The second kappa shape index (κ2) is 9.61. The Morgan fingerprint density at radius 1 is 0.829 bits per heavy atom. The zero-order valence-electron chi connectivity index (χ0n) is 20.5. The molecule has 10 heteroatoms. The van der Waals surface area contributed by atoms with Crippen LogP contribution in [0.1, 0.15) is 16.3 Å². The van der Waals surface area contributed by atoms with Crippen molar-refractivity contribution < 1.29 is 9.18 Å². The highest BCUT2D eigenvalue weighted by atomic mass is 19.1. The summed E-state index contributed by atoms with van der Waals surface area (Å²) in [6.45, 7) is 8.50. The number of rotatable bonds is 4. The Kier molecular flexibility index (Phi) is 6.38. The molecule has 0 unspecified atom stereocenters. The summed E-state index contributed by atoms with van der Waals surface area (Å²) in [6, 6.07) is 9.99. The Bertz CT molecular complexity index is 1190. The Morgan fingerprint density at radius 2 is 1.40 bits per heavy atom. The van der Waals surface area contributed by atoms with Gasteiger partial charge in [-0.3, -0.25) is 9.48 Å². The van der Waals surface area contributed by atoms with E-state index >= 15 is 0 Å². The molecule has 35 heavy (non-hydrogen) atoms. The van der Waals surface area contributed by atoms with Gasteiger partial charge in [-0.1, -0.05) is 0 Å². The molecule has 3 aromatic rings. The van der Waals surface area contributed by atoms with E-state index in [0.29, 0.717) is 37.6 Å². The van der Waals surface area contributed by atoms with Crippen LogP contribution in [0.2, 0.25) is 0 Å². The summed E-state index contributed by atoms with van der Waals surface area (Å²) in [5, 5.41) is 4.47. The van der Waals surface area contributed by atoms with Crippen LogP contribution in [0, 0.1) is 12.7 Å². The molecule has 1 aromatic carbocycles. The van der Waals surface area contributed by atoms with Crippen molar-refractivity contribution in [3.63, 3.8) is 0 Å². The first kappa shape index (κ1) is 23.2. The third-order valence-electron chi connectivity index (χ3n) is 6.77. The van der Waals surface area contributed by atoms with E-state index < -0.39 is 0 Å². The number of carbonyl (C=O) groups excluding carboxylic acids is 1. The predicted octanol–water partition coefficient (Wildman–Crippen LogP) is 2.04. The van der Waals surface area contributed by atoms with Gasteiger partial charge in [0.05, 0.1) is 5.69 Å². The standard InChI is InChI=1S/C25H31FN8O/c1-18-27-23(32-10-8-30(2)9-11-32)17-24(28-18)33-12-14-34(15-13-33)25(35)22-16-21(29-31(22)3)19-4-6-20(26)7-5-19/h4-7,16-17H,8-15H2,1-3H3. The number of benzene rings is 1. The van der Waals surface area contributed by atoms with Gasteiger partial charge < -0.3 is 19.6 Å². The summed E-state index contributed by atoms with van der Waals surface area (Å²) in [7, 11) is 3.91. The summed E-state index contributed by atoms with van der Waals surface area (Å²) >= 11 is 0. The Labute approximate surface area is 204 Å². The van der Waals surface area contributed by atoms with Gasteiger partial charge in [-0.2, -0.15) is 5.10 Å². The molecule has 9 nitrogen and oxygen atoms in total. The number of halogens is 1. The quantitative estimate of drug-likeness (QED) is 0.568. The fourth-order valence-corrected chi connectivity index (χ4v) is 4.63. The second-order valence-corrected chi connectivity index (χ2v) is 9.25. The lowest BCUT2D eigenvalue weighted by Gasteiger charge is -2.36. The van der Waals surface area contributed by atoms with Crippen LogP contribution in [0.15, 0.2) is 36.4 Å². The van der Waals surface area contributed by atoms with Gasteiger partial charge in [-0.05, 0) is 44.3 Å². The highest BCUT2D eigenvalue weighted by molar-refractivity contribution is 5.94. The number of nitrogens with zero attached hydrogens (tertiary/aromatic N) is 8. The molecule has 0 aliphatic carbocycles. The zero-order chi connectivity index (χ0) is 24.5. The first-order chi connectivity index (χ1) is 16.9. The molecule has 0 spiro atoms. The Balaban J connectivity index is 1.25. The van der Waals surface area contributed by atoms with Crippen molar-refractivity contribution in [1.29, 1.82) is 0 Å². The van der Waals surface area contributed by atoms with Gasteiger partial charge in [0.25, 0.3) is 5.91 Å². The minimum Gasteiger partial charge on any atom is -0.354 e. The molecule has 0 atom stereocenters. The lowest BCUT2D eigenvalue weighted by Crippen LogP contribution is -2.49. The number of aromatic nitrogens is 4. The molecule has 0 radical (unpaired) electrons. The van der Waals surface area contributed by atoms with E-state index in [-0.39, 0.29) is 11.7 Å². The Hall–Kier alpha value is -3.53. The molecule has 2 fully saturated rings. The van der Waals surface area contributed by atoms with Crippen molar-refractivity contribution in [3.05, 3.63) is 53.7 Å². The largest absolute Gasteiger partial charge is 0.354 e. The zero-order valence-corrected chi connectivity index (χ0v) is 20.5. The first-order valence-electron chi connectivity index (χ1n) is 12.0. The number of amides is 1. The van der Waals surface area contributed by atoms with Crippen LogP contribution in [0.5, 0.6) is 0 Å². The molecule has 2 aliphatic heterocycles. The number of anilines is 2. The predicted molar refractivity (Wildman–Crippen MR) is 133 cm³/mol. The van der Waals surface area contributed by atoms with Crippen molar-refractivity contribution >= 4 is 17.5 Å². The number of hydrogen-bond donors (Lipinski definition) is 0. The van der Waals surface area contributed by atoms with Crippen LogP contribution in [0.3, 0.4) is 0 Å². The smallest absolute Gasteiger partial charge is 0.272 e. The van der Waals surface area contributed by atoms with Gasteiger partial charge >= 0.3 is 0 Å². The van der Waals surface area contributed by atoms with Crippen molar-refractivity contribution in [2.45, 2.75) is 6.92 Å². The van der Waals surface area contributed by atoms with E-state index in [0.717, 1.165) is 49.2 Å². The van der Waals surface area contributed by atoms with Gasteiger partial charge in [-0.15, -0.1) is 0 Å². The molecule has 0 N–H and O–H groups in total. The number of hydrogen-bond acceptors (Lipinski definition) is 7. The molecular formula is C25H31FN8O. The van der Waals surface area contributed by atoms with Crippen LogP contribution in [-0.4, -0.2) is 94.9 Å². The highest BCUT2D eigenvalue weighted by Crippen LogP contribution is 2.23. The first-order valence-corrected chi connectivity index (χ1v) is 12.0. The SMILES string of the molecule is Cc1nc(N2CCN(C)CC2)cc(N2CCN(C(=O)c3cc(-c4ccc(F)cc4)nn3C)CC2)n1. The van der Waals surface area contributed by atoms with Crippen molar-refractivity contribution in [3.8, 4) is 11.3 Å². The fourth-order valence-electron chi connectivity index (χ4n) is 4.63. The molecular weight excluding hydrogens is 447 g/mol.